The van der Waals surface area contributed by atoms with E-state index < -0.39 is 0 Å². The van der Waals surface area contributed by atoms with E-state index in [0.29, 0.717) is 12.1 Å². The van der Waals surface area contributed by atoms with Crippen molar-refractivity contribution >= 4 is 0 Å². The van der Waals surface area contributed by atoms with Crippen LogP contribution in [-0.2, 0) is 4.74 Å². The minimum absolute atomic E-state index is 0.322. The summed E-state index contributed by atoms with van der Waals surface area (Å²) < 4.78 is 11.7. The lowest BCUT2D eigenvalue weighted by atomic mass is 10.0. The minimum Gasteiger partial charge on any atom is -0.493 e. The lowest BCUT2D eigenvalue weighted by Gasteiger charge is -2.19. The Labute approximate surface area is 129 Å². The molecule has 2 rings (SSSR count). The molecule has 0 amide bonds. The SMILES string of the molecule is CCCNC(C)c1cc(C)ccc1OCCC1CCCO1. The smallest absolute Gasteiger partial charge is 0.124 e. The first kappa shape index (κ1) is 16.3. The average molecular weight is 291 g/mol. The summed E-state index contributed by atoms with van der Waals surface area (Å²) in [6, 6.07) is 6.78. The first-order valence-electron chi connectivity index (χ1n) is 8.29. The third-order valence-electron chi connectivity index (χ3n) is 4.05. The van der Waals surface area contributed by atoms with Gasteiger partial charge in [-0.3, -0.25) is 0 Å². The molecule has 1 fully saturated rings. The number of aryl methyl sites for hydroxylation is 1. The van der Waals surface area contributed by atoms with Gasteiger partial charge in [0.2, 0.25) is 0 Å². The van der Waals surface area contributed by atoms with Crippen molar-refractivity contribution in [2.75, 3.05) is 19.8 Å². The molecule has 0 aromatic heterocycles. The number of nitrogens with one attached hydrogen (secondary N) is 1. The fourth-order valence-corrected chi connectivity index (χ4v) is 2.78. The molecule has 118 valence electrons. The van der Waals surface area contributed by atoms with E-state index in [2.05, 4.69) is 44.3 Å². The molecule has 3 heteroatoms. The van der Waals surface area contributed by atoms with Crippen molar-refractivity contribution in [1.82, 2.24) is 5.32 Å². The van der Waals surface area contributed by atoms with Crippen molar-refractivity contribution in [3.05, 3.63) is 29.3 Å². The molecule has 3 nitrogen and oxygen atoms in total. The van der Waals surface area contributed by atoms with Crippen molar-refractivity contribution < 1.29 is 9.47 Å². The van der Waals surface area contributed by atoms with Crippen molar-refractivity contribution in [2.45, 2.75) is 58.6 Å². The second-order valence-corrected chi connectivity index (χ2v) is 5.99. The second-order valence-electron chi connectivity index (χ2n) is 5.99. The van der Waals surface area contributed by atoms with Gasteiger partial charge in [-0.05, 0) is 45.7 Å². The molecule has 1 aromatic rings. The van der Waals surface area contributed by atoms with Crippen LogP contribution in [0.1, 0.15) is 56.7 Å². The Balaban J connectivity index is 1.93. The number of hydrogen-bond donors (Lipinski definition) is 1. The molecule has 0 spiro atoms. The second kappa shape index (κ2) is 8.40. The van der Waals surface area contributed by atoms with Gasteiger partial charge >= 0.3 is 0 Å². The third-order valence-corrected chi connectivity index (χ3v) is 4.05. The van der Waals surface area contributed by atoms with Crippen LogP contribution in [0.2, 0.25) is 0 Å². The van der Waals surface area contributed by atoms with Crippen LogP contribution in [0.15, 0.2) is 18.2 Å². The first-order valence-corrected chi connectivity index (χ1v) is 8.29. The summed E-state index contributed by atoms with van der Waals surface area (Å²) in [6.45, 7) is 9.21. The molecule has 21 heavy (non-hydrogen) atoms. The van der Waals surface area contributed by atoms with E-state index in [4.69, 9.17) is 9.47 Å². The maximum Gasteiger partial charge on any atom is 0.124 e. The van der Waals surface area contributed by atoms with Crippen LogP contribution in [0.25, 0.3) is 0 Å². The fraction of sp³-hybridized carbons (Fsp3) is 0.667. The molecule has 2 unspecified atom stereocenters. The molecule has 0 radical (unpaired) electrons. The Kier molecular flexibility index (Phi) is 6.52. The Bertz CT molecular complexity index is 427. The van der Waals surface area contributed by atoms with Gasteiger partial charge in [0.15, 0.2) is 0 Å². The van der Waals surface area contributed by atoms with Gasteiger partial charge in [-0.25, -0.2) is 0 Å². The van der Waals surface area contributed by atoms with Gasteiger partial charge in [0.05, 0.1) is 12.7 Å². The number of hydrogen-bond acceptors (Lipinski definition) is 3. The van der Waals surface area contributed by atoms with Crippen LogP contribution in [0.5, 0.6) is 5.75 Å². The Morgan fingerprint density at radius 2 is 2.29 bits per heavy atom. The summed E-state index contributed by atoms with van der Waals surface area (Å²) in [7, 11) is 0. The van der Waals surface area contributed by atoms with Gasteiger partial charge in [0.1, 0.15) is 5.75 Å². The molecule has 2 atom stereocenters. The largest absolute Gasteiger partial charge is 0.493 e. The Hall–Kier alpha value is -1.06. The zero-order valence-corrected chi connectivity index (χ0v) is 13.7. The molecule has 0 saturated carbocycles. The van der Waals surface area contributed by atoms with Crippen molar-refractivity contribution in [3.8, 4) is 5.75 Å². The lowest BCUT2D eigenvalue weighted by Crippen LogP contribution is -2.20. The lowest BCUT2D eigenvalue weighted by molar-refractivity contribution is 0.0901. The highest BCUT2D eigenvalue weighted by Gasteiger charge is 2.16. The number of ether oxygens (including phenoxy) is 2. The normalized spacial score (nSPS) is 19.7. The highest BCUT2D eigenvalue weighted by molar-refractivity contribution is 5.39. The van der Waals surface area contributed by atoms with E-state index in [1.54, 1.807) is 0 Å². The van der Waals surface area contributed by atoms with Crippen molar-refractivity contribution in [3.63, 3.8) is 0 Å². The molecule has 0 aliphatic carbocycles. The summed E-state index contributed by atoms with van der Waals surface area (Å²) in [5.74, 6) is 1.01. The Morgan fingerprint density at radius 3 is 3.00 bits per heavy atom. The van der Waals surface area contributed by atoms with Crippen molar-refractivity contribution in [1.29, 1.82) is 0 Å². The molecule has 1 N–H and O–H groups in total. The molecule has 1 saturated heterocycles. The van der Waals surface area contributed by atoms with Crippen molar-refractivity contribution in [2.24, 2.45) is 0 Å². The van der Waals surface area contributed by atoms with E-state index in [1.165, 1.54) is 24.0 Å². The van der Waals surface area contributed by atoms with E-state index in [0.717, 1.165) is 38.3 Å². The van der Waals surface area contributed by atoms with Gasteiger partial charge in [-0.15, -0.1) is 0 Å². The van der Waals surface area contributed by atoms with Gasteiger partial charge < -0.3 is 14.8 Å². The molecule has 1 aromatic carbocycles. The van der Waals surface area contributed by atoms with Gasteiger partial charge in [-0.1, -0.05) is 24.6 Å². The zero-order chi connectivity index (χ0) is 15.1. The maximum absolute atomic E-state index is 6.04. The van der Waals surface area contributed by atoms with E-state index in [-0.39, 0.29) is 0 Å². The van der Waals surface area contributed by atoms with Crippen LogP contribution in [0, 0.1) is 6.92 Å². The molecular formula is C18H29NO2. The maximum atomic E-state index is 6.04. The quantitative estimate of drug-likeness (QED) is 0.785. The van der Waals surface area contributed by atoms with Crippen LogP contribution < -0.4 is 10.1 Å². The first-order chi connectivity index (χ1) is 10.2. The summed E-state index contributed by atoms with van der Waals surface area (Å²) in [5, 5.41) is 3.54. The van der Waals surface area contributed by atoms with Gasteiger partial charge in [-0.2, -0.15) is 0 Å². The third kappa shape index (κ3) is 5.01. The summed E-state index contributed by atoms with van der Waals surface area (Å²) >= 11 is 0. The number of benzene rings is 1. The van der Waals surface area contributed by atoms with E-state index >= 15 is 0 Å². The fourth-order valence-electron chi connectivity index (χ4n) is 2.78. The standard InChI is InChI=1S/C18H29NO2/c1-4-10-19-15(3)17-13-14(2)7-8-18(17)21-12-9-16-6-5-11-20-16/h7-8,13,15-16,19H,4-6,9-12H2,1-3H3. The number of rotatable bonds is 8. The minimum atomic E-state index is 0.322. The van der Waals surface area contributed by atoms with Gasteiger partial charge in [0.25, 0.3) is 0 Å². The molecule has 1 heterocycles. The monoisotopic (exact) mass is 291 g/mol. The highest BCUT2D eigenvalue weighted by atomic mass is 16.5. The van der Waals surface area contributed by atoms with Crippen LogP contribution in [-0.4, -0.2) is 25.9 Å². The van der Waals surface area contributed by atoms with Crippen LogP contribution in [0.4, 0.5) is 0 Å². The highest BCUT2D eigenvalue weighted by Crippen LogP contribution is 2.27. The van der Waals surface area contributed by atoms with Crippen LogP contribution in [0.3, 0.4) is 0 Å². The molecule has 1 aliphatic rings. The Morgan fingerprint density at radius 1 is 1.43 bits per heavy atom. The molecule has 0 bridgehead atoms. The van der Waals surface area contributed by atoms with E-state index in [9.17, 15) is 0 Å². The zero-order valence-electron chi connectivity index (χ0n) is 13.7. The summed E-state index contributed by atoms with van der Waals surface area (Å²) in [5.41, 5.74) is 2.54. The molecular weight excluding hydrogens is 262 g/mol. The summed E-state index contributed by atoms with van der Waals surface area (Å²) in [4.78, 5) is 0. The van der Waals surface area contributed by atoms with Gasteiger partial charge in [0, 0.05) is 24.6 Å². The van der Waals surface area contributed by atoms with E-state index in [1.807, 2.05) is 0 Å². The van der Waals surface area contributed by atoms with Crippen LogP contribution >= 0.6 is 0 Å². The topological polar surface area (TPSA) is 30.5 Å². The predicted octanol–water partition coefficient (Wildman–Crippen LogP) is 4.00. The molecule has 1 aliphatic heterocycles. The summed E-state index contributed by atoms with van der Waals surface area (Å²) in [6.07, 6.45) is 4.90. The predicted molar refractivity (Wildman–Crippen MR) is 87.0 cm³/mol. The average Bonchev–Trinajstić information content (AvgIpc) is 2.99.